The number of amides is 1. The fourth-order valence-corrected chi connectivity index (χ4v) is 4.49. The maximum absolute atomic E-state index is 13.3. The van der Waals surface area contributed by atoms with E-state index < -0.39 is 0 Å². The first-order valence-corrected chi connectivity index (χ1v) is 10.8. The van der Waals surface area contributed by atoms with Crippen LogP contribution >= 0.6 is 11.6 Å². The molecule has 0 unspecified atom stereocenters. The van der Waals surface area contributed by atoms with E-state index in [1.54, 1.807) is 30.2 Å². The topological polar surface area (TPSA) is 52.3 Å². The maximum Gasteiger partial charge on any atom is 0.258 e. The molecule has 1 aliphatic heterocycles. The molecule has 0 radical (unpaired) electrons. The predicted octanol–water partition coefficient (Wildman–Crippen LogP) is 5.10. The molecule has 7 heteroatoms. The van der Waals surface area contributed by atoms with Crippen LogP contribution in [-0.2, 0) is 13.1 Å². The second-order valence-corrected chi connectivity index (χ2v) is 8.48. The van der Waals surface area contributed by atoms with Crippen LogP contribution < -0.4 is 4.74 Å². The zero-order chi connectivity index (χ0) is 22.4. The number of aromatic nitrogens is 3. The molecule has 0 atom stereocenters. The highest BCUT2D eigenvalue weighted by molar-refractivity contribution is 6.31. The lowest BCUT2D eigenvalue weighted by molar-refractivity contribution is 0.0746. The summed E-state index contributed by atoms with van der Waals surface area (Å²) in [4.78, 5) is 15.1. The molecule has 2 aromatic carbocycles. The summed E-state index contributed by atoms with van der Waals surface area (Å²) in [5, 5.41) is 5.44. The number of methoxy groups -OCH3 is 1. The van der Waals surface area contributed by atoms with E-state index in [1.807, 2.05) is 29.2 Å². The Labute approximate surface area is 191 Å². The molecule has 0 spiro atoms. The summed E-state index contributed by atoms with van der Waals surface area (Å²) in [6.45, 7) is 5.06. The molecule has 3 heterocycles. The molecule has 4 aromatic rings. The second-order valence-electron chi connectivity index (χ2n) is 8.05. The average Bonchev–Trinajstić information content (AvgIpc) is 3.49. The van der Waals surface area contributed by atoms with Crippen LogP contribution in [0.15, 0.2) is 60.9 Å². The lowest BCUT2D eigenvalue weighted by Gasteiger charge is -2.19. The highest BCUT2D eigenvalue weighted by atomic mass is 35.5. The average molecular weight is 447 g/mol. The molecule has 0 saturated carbocycles. The monoisotopic (exact) mass is 446 g/mol. The van der Waals surface area contributed by atoms with Crippen molar-refractivity contribution in [1.82, 2.24) is 19.2 Å². The smallest absolute Gasteiger partial charge is 0.258 e. The van der Waals surface area contributed by atoms with Crippen molar-refractivity contribution in [2.75, 3.05) is 7.11 Å². The third-order valence-corrected chi connectivity index (χ3v) is 6.07. The second kappa shape index (κ2) is 7.88. The molecule has 0 bridgehead atoms. The quantitative estimate of drug-likeness (QED) is 0.438. The van der Waals surface area contributed by atoms with Gasteiger partial charge in [0.2, 0.25) is 0 Å². The first kappa shape index (κ1) is 20.4. The highest BCUT2D eigenvalue weighted by Crippen LogP contribution is 2.33. The van der Waals surface area contributed by atoms with Gasteiger partial charge in [-0.25, -0.2) is 4.68 Å². The third kappa shape index (κ3) is 3.37. The van der Waals surface area contributed by atoms with Gasteiger partial charge in [0.15, 0.2) is 0 Å². The van der Waals surface area contributed by atoms with Crippen molar-refractivity contribution in [2.45, 2.75) is 26.9 Å². The van der Waals surface area contributed by atoms with Gasteiger partial charge in [0, 0.05) is 23.0 Å². The molecule has 0 fully saturated rings. The Morgan fingerprint density at radius 3 is 2.56 bits per heavy atom. The van der Waals surface area contributed by atoms with E-state index in [-0.39, 0.29) is 5.91 Å². The summed E-state index contributed by atoms with van der Waals surface area (Å²) in [6.07, 6.45) is 4.00. The molecule has 2 aromatic heterocycles. The minimum absolute atomic E-state index is 0.126. The van der Waals surface area contributed by atoms with Gasteiger partial charge < -0.3 is 14.2 Å². The van der Waals surface area contributed by atoms with Gasteiger partial charge >= 0.3 is 0 Å². The molecular weight excluding hydrogens is 424 g/mol. The van der Waals surface area contributed by atoms with E-state index >= 15 is 0 Å². The molecule has 0 aliphatic carbocycles. The fourth-order valence-electron chi connectivity index (χ4n) is 4.32. The Bertz CT molecular complexity index is 1320. The lowest BCUT2D eigenvalue weighted by Crippen LogP contribution is -2.27. The van der Waals surface area contributed by atoms with E-state index in [2.05, 4.69) is 36.6 Å². The predicted molar refractivity (Wildman–Crippen MR) is 124 cm³/mol. The van der Waals surface area contributed by atoms with E-state index in [0.717, 1.165) is 28.3 Å². The van der Waals surface area contributed by atoms with Gasteiger partial charge in [-0.3, -0.25) is 4.79 Å². The van der Waals surface area contributed by atoms with Crippen molar-refractivity contribution in [3.63, 3.8) is 0 Å². The molecule has 0 N–H and O–H groups in total. The van der Waals surface area contributed by atoms with Crippen molar-refractivity contribution < 1.29 is 9.53 Å². The Balaban J connectivity index is 1.56. The molecule has 1 amide bonds. The first-order chi connectivity index (χ1) is 15.5. The van der Waals surface area contributed by atoms with Crippen molar-refractivity contribution in [3.05, 3.63) is 93.9 Å². The number of halogens is 1. The Hall–Kier alpha value is -3.51. The van der Waals surface area contributed by atoms with E-state index in [9.17, 15) is 4.79 Å². The highest BCUT2D eigenvalue weighted by Gasteiger charge is 2.33. The van der Waals surface area contributed by atoms with Gasteiger partial charge in [-0.2, -0.15) is 5.10 Å². The summed E-state index contributed by atoms with van der Waals surface area (Å²) in [5.41, 5.74) is 5.77. The number of carbonyl (C=O) groups excluding carboxylic acids is 1. The summed E-state index contributed by atoms with van der Waals surface area (Å²) >= 11 is 6.15. The number of hydrogen-bond acceptors (Lipinski definition) is 3. The number of benzene rings is 2. The van der Waals surface area contributed by atoms with Crippen LogP contribution in [0.2, 0.25) is 5.02 Å². The molecular formula is C25H23ClN4O2. The number of hydrogen-bond donors (Lipinski definition) is 0. The van der Waals surface area contributed by atoms with Crippen molar-refractivity contribution in [1.29, 1.82) is 0 Å². The van der Waals surface area contributed by atoms with Crippen molar-refractivity contribution >= 4 is 17.5 Å². The summed E-state index contributed by atoms with van der Waals surface area (Å²) in [7, 11) is 1.55. The van der Waals surface area contributed by atoms with E-state index in [0.29, 0.717) is 29.4 Å². The Kier molecular flexibility index (Phi) is 5.02. The molecule has 162 valence electrons. The van der Waals surface area contributed by atoms with Crippen LogP contribution in [0.3, 0.4) is 0 Å². The summed E-state index contributed by atoms with van der Waals surface area (Å²) < 4.78 is 9.43. The number of rotatable bonds is 4. The fraction of sp³-hybridized carbons (Fsp3) is 0.200. The van der Waals surface area contributed by atoms with Crippen LogP contribution in [0, 0.1) is 13.8 Å². The normalized spacial score (nSPS) is 12.8. The maximum atomic E-state index is 13.3. The van der Waals surface area contributed by atoms with Crippen LogP contribution in [-0.4, -0.2) is 32.3 Å². The van der Waals surface area contributed by atoms with Gasteiger partial charge in [-0.05, 0) is 55.8 Å². The van der Waals surface area contributed by atoms with Gasteiger partial charge in [0.25, 0.3) is 5.91 Å². The molecule has 0 saturated heterocycles. The van der Waals surface area contributed by atoms with Crippen molar-refractivity contribution in [3.8, 4) is 17.3 Å². The zero-order valence-corrected chi connectivity index (χ0v) is 18.9. The Morgan fingerprint density at radius 2 is 1.84 bits per heavy atom. The first-order valence-electron chi connectivity index (χ1n) is 10.4. The molecule has 32 heavy (non-hydrogen) atoms. The molecule has 5 rings (SSSR count). The number of carbonyl (C=O) groups is 1. The van der Waals surface area contributed by atoms with Crippen molar-refractivity contribution in [2.24, 2.45) is 0 Å². The van der Waals surface area contributed by atoms with Crippen LogP contribution in [0.5, 0.6) is 5.75 Å². The molecule has 6 nitrogen and oxygen atoms in total. The van der Waals surface area contributed by atoms with E-state index in [4.69, 9.17) is 21.4 Å². The molecule has 1 aliphatic rings. The zero-order valence-electron chi connectivity index (χ0n) is 18.2. The van der Waals surface area contributed by atoms with E-state index in [1.165, 1.54) is 5.56 Å². The van der Waals surface area contributed by atoms with Crippen LogP contribution in [0.25, 0.3) is 11.5 Å². The van der Waals surface area contributed by atoms with Gasteiger partial charge in [0.1, 0.15) is 11.6 Å². The van der Waals surface area contributed by atoms with Gasteiger partial charge in [-0.15, -0.1) is 0 Å². The lowest BCUT2D eigenvalue weighted by atomic mass is 10.1. The number of nitrogens with zero attached hydrogens (tertiary/aromatic N) is 4. The third-order valence-electron chi connectivity index (χ3n) is 5.84. The number of ether oxygens (including phenoxy) is 1. The standard InChI is InChI=1S/C25H23ClN4O2/c1-16-6-8-22(17(2)12-16)30-24(28-10-4-5-11-28)20-14-29(15-21(20)27-30)25(31)19-13-18(26)7-9-23(19)32-3/h4-13H,14-15H2,1-3H3. The summed E-state index contributed by atoms with van der Waals surface area (Å²) in [5.74, 6) is 1.33. The Morgan fingerprint density at radius 1 is 1.06 bits per heavy atom. The number of aryl methyl sites for hydroxylation is 2. The minimum Gasteiger partial charge on any atom is -0.496 e. The number of fused-ring (bicyclic) bond motifs is 1. The van der Waals surface area contributed by atoms with Gasteiger partial charge in [-0.1, -0.05) is 29.3 Å². The summed E-state index contributed by atoms with van der Waals surface area (Å²) in [6, 6.07) is 15.4. The van der Waals surface area contributed by atoms with Gasteiger partial charge in [0.05, 0.1) is 37.1 Å². The van der Waals surface area contributed by atoms with Crippen LogP contribution in [0.4, 0.5) is 0 Å². The largest absolute Gasteiger partial charge is 0.496 e. The SMILES string of the molecule is COc1ccc(Cl)cc1C(=O)N1Cc2nn(-c3ccc(C)cc3C)c(-n3cccc3)c2C1. The minimum atomic E-state index is -0.126. The van der Waals surface area contributed by atoms with Crippen LogP contribution in [0.1, 0.15) is 32.7 Å².